The summed E-state index contributed by atoms with van der Waals surface area (Å²) in [5.41, 5.74) is 0. The third kappa shape index (κ3) is 2.73. The quantitative estimate of drug-likeness (QED) is 0.765. The van der Waals surface area contributed by atoms with Crippen molar-refractivity contribution in [2.24, 2.45) is 5.92 Å². The van der Waals surface area contributed by atoms with E-state index in [0.29, 0.717) is 0 Å². The molecule has 0 spiro atoms. The summed E-state index contributed by atoms with van der Waals surface area (Å²) in [6.07, 6.45) is 6.95. The first kappa shape index (κ1) is 11.4. The SMILES string of the molecule is CC(C)CCNC1CC2CCC(C1)N2C. The minimum Gasteiger partial charge on any atom is -0.314 e. The Balaban J connectivity index is 1.72. The summed E-state index contributed by atoms with van der Waals surface area (Å²) in [6, 6.07) is 2.55. The van der Waals surface area contributed by atoms with Crippen molar-refractivity contribution >= 4 is 0 Å². The van der Waals surface area contributed by atoms with E-state index in [9.17, 15) is 0 Å². The molecule has 2 nitrogen and oxygen atoms in total. The molecule has 2 aliphatic rings. The zero-order valence-electron chi connectivity index (χ0n) is 10.5. The fraction of sp³-hybridized carbons (Fsp3) is 1.00. The van der Waals surface area contributed by atoms with Gasteiger partial charge in [0.25, 0.3) is 0 Å². The van der Waals surface area contributed by atoms with Crippen LogP contribution in [-0.4, -0.2) is 36.6 Å². The van der Waals surface area contributed by atoms with Crippen molar-refractivity contribution in [3.05, 3.63) is 0 Å². The normalized spacial score (nSPS) is 36.4. The van der Waals surface area contributed by atoms with Crippen LogP contribution in [0.15, 0.2) is 0 Å². The van der Waals surface area contributed by atoms with Gasteiger partial charge in [-0.25, -0.2) is 0 Å². The highest BCUT2D eigenvalue weighted by molar-refractivity contribution is 4.95. The largest absolute Gasteiger partial charge is 0.314 e. The molecule has 2 atom stereocenters. The molecule has 2 saturated heterocycles. The lowest BCUT2D eigenvalue weighted by molar-refractivity contribution is 0.148. The van der Waals surface area contributed by atoms with Crippen LogP contribution >= 0.6 is 0 Å². The first-order valence-corrected chi connectivity index (χ1v) is 6.62. The minimum atomic E-state index is 0.803. The van der Waals surface area contributed by atoms with Crippen molar-refractivity contribution in [3.63, 3.8) is 0 Å². The minimum absolute atomic E-state index is 0.803. The number of fused-ring (bicyclic) bond motifs is 2. The maximum atomic E-state index is 3.75. The highest BCUT2D eigenvalue weighted by atomic mass is 15.2. The van der Waals surface area contributed by atoms with Crippen molar-refractivity contribution < 1.29 is 0 Å². The zero-order valence-corrected chi connectivity index (χ0v) is 10.5. The molecule has 2 bridgehead atoms. The van der Waals surface area contributed by atoms with Gasteiger partial charge in [-0.3, -0.25) is 0 Å². The van der Waals surface area contributed by atoms with E-state index in [-0.39, 0.29) is 0 Å². The van der Waals surface area contributed by atoms with E-state index in [0.717, 1.165) is 24.0 Å². The van der Waals surface area contributed by atoms with Crippen molar-refractivity contribution in [1.82, 2.24) is 10.2 Å². The Bertz CT molecular complexity index is 189. The summed E-state index contributed by atoms with van der Waals surface area (Å²) < 4.78 is 0. The topological polar surface area (TPSA) is 15.3 Å². The lowest BCUT2D eigenvalue weighted by Crippen LogP contribution is -2.47. The maximum absolute atomic E-state index is 3.75. The second-order valence-corrected chi connectivity index (χ2v) is 5.86. The molecule has 0 amide bonds. The lowest BCUT2D eigenvalue weighted by atomic mass is 9.97. The average molecular weight is 210 g/mol. The second-order valence-electron chi connectivity index (χ2n) is 5.86. The Morgan fingerprint density at radius 3 is 2.33 bits per heavy atom. The third-order valence-electron chi connectivity index (χ3n) is 4.25. The van der Waals surface area contributed by atoms with Gasteiger partial charge in [-0.1, -0.05) is 13.8 Å². The maximum Gasteiger partial charge on any atom is 0.0111 e. The van der Waals surface area contributed by atoms with Gasteiger partial charge in [0.15, 0.2) is 0 Å². The number of nitrogens with one attached hydrogen (secondary N) is 1. The molecule has 2 unspecified atom stereocenters. The first-order chi connectivity index (χ1) is 7.16. The van der Waals surface area contributed by atoms with E-state index in [1.165, 1.54) is 38.6 Å². The molecule has 88 valence electrons. The number of nitrogens with zero attached hydrogens (tertiary/aromatic N) is 1. The molecule has 0 radical (unpaired) electrons. The molecule has 2 heterocycles. The van der Waals surface area contributed by atoms with E-state index >= 15 is 0 Å². The average Bonchev–Trinajstić information content (AvgIpc) is 2.42. The highest BCUT2D eigenvalue weighted by Crippen LogP contribution is 2.34. The Hall–Kier alpha value is -0.0800. The van der Waals surface area contributed by atoms with Crippen LogP contribution < -0.4 is 5.32 Å². The van der Waals surface area contributed by atoms with Gasteiger partial charge in [0.1, 0.15) is 0 Å². The van der Waals surface area contributed by atoms with Gasteiger partial charge in [-0.2, -0.15) is 0 Å². The van der Waals surface area contributed by atoms with E-state index in [2.05, 4.69) is 31.1 Å². The number of hydrogen-bond acceptors (Lipinski definition) is 2. The molecular formula is C13H26N2. The first-order valence-electron chi connectivity index (χ1n) is 6.62. The van der Waals surface area contributed by atoms with Crippen LogP contribution in [0.5, 0.6) is 0 Å². The predicted molar refractivity (Wildman–Crippen MR) is 65.1 cm³/mol. The van der Waals surface area contributed by atoms with Crippen molar-refractivity contribution in [2.75, 3.05) is 13.6 Å². The van der Waals surface area contributed by atoms with Crippen molar-refractivity contribution in [2.45, 2.75) is 64.1 Å². The summed E-state index contributed by atoms with van der Waals surface area (Å²) in [5.74, 6) is 0.834. The summed E-state index contributed by atoms with van der Waals surface area (Å²) in [6.45, 7) is 5.82. The molecule has 0 aromatic carbocycles. The Labute approximate surface area is 94.4 Å². The third-order valence-corrected chi connectivity index (χ3v) is 4.25. The lowest BCUT2D eigenvalue weighted by Gasteiger charge is -2.36. The van der Waals surface area contributed by atoms with Crippen LogP contribution in [0.3, 0.4) is 0 Å². The van der Waals surface area contributed by atoms with Crippen molar-refractivity contribution in [1.29, 1.82) is 0 Å². The van der Waals surface area contributed by atoms with Crippen LogP contribution in [0.2, 0.25) is 0 Å². The fourth-order valence-corrected chi connectivity index (χ4v) is 3.15. The van der Waals surface area contributed by atoms with Gasteiger partial charge >= 0.3 is 0 Å². The second kappa shape index (κ2) is 4.84. The standard InChI is InChI=1S/C13H26N2/c1-10(2)6-7-14-11-8-12-4-5-13(9-11)15(12)3/h10-14H,4-9H2,1-3H3. The van der Waals surface area contributed by atoms with Gasteiger partial charge in [-0.15, -0.1) is 0 Å². The Morgan fingerprint density at radius 1 is 1.20 bits per heavy atom. The van der Waals surface area contributed by atoms with Gasteiger partial charge in [0, 0.05) is 18.1 Å². The summed E-state index contributed by atoms with van der Waals surface area (Å²) in [4.78, 5) is 2.61. The molecule has 1 N–H and O–H groups in total. The van der Waals surface area contributed by atoms with E-state index in [1.807, 2.05) is 0 Å². The zero-order chi connectivity index (χ0) is 10.8. The van der Waals surface area contributed by atoms with E-state index in [1.54, 1.807) is 0 Å². The van der Waals surface area contributed by atoms with Crippen LogP contribution in [-0.2, 0) is 0 Å². The monoisotopic (exact) mass is 210 g/mol. The predicted octanol–water partition coefficient (Wildman–Crippen LogP) is 2.25. The number of piperidine rings is 1. The van der Waals surface area contributed by atoms with Gasteiger partial charge in [0.05, 0.1) is 0 Å². The molecular weight excluding hydrogens is 184 g/mol. The van der Waals surface area contributed by atoms with Crippen LogP contribution in [0.25, 0.3) is 0 Å². The summed E-state index contributed by atoms with van der Waals surface area (Å²) in [5, 5.41) is 3.75. The molecule has 2 heteroatoms. The molecule has 2 rings (SSSR count). The smallest absolute Gasteiger partial charge is 0.0111 e. The van der Waals surface area contributed by atoms with E-state index in [4.69, 9.17) is 0 Å². The summed E-state index contributed by atoms with van der Waals surface area (Å²) in [7, 11) is 2.31. The number of rotatable bonds is 4. The van der Waals surface area contributed by atoms with Crippen LogP contribution in [0.1, 0.15) is 46.0 Å². The molecule has 2 fully saturated rings. The molecule has 0 saturated carbocycles. The summed E-state index contributed by atoms with van der Waals surface area (Å²) >= 11 is 0. The molecule has 15 heavy (non-hydrogen) atoms. The Morgan fingerprint density at radius 2 is 1.80 bits per heavy atom. The molecule has 2 aliphatic heterocycles. The van der Waals surface area contributed by atoms with Crippen LogP contribution in [0.4, 0.5) is 0 Å². The van der Waals surface area contributed by atoms with E-state index < -0.39 is 0 Å². The van der Waals surface area contributed by atoms with Gasteiger partial charge in [-0.05, 0) is 51.6 Å². The fourth-order valence-electron chi connectivity index (χ4n) is 3.15. The van der Waals surface area contributed by atoms with Crippen LogP contribution in [0, 0.1) is 5.92 Å². The molecule has 0 aliphatic carbocycles. The Kier molecular flexibility index (Phi) is 3.68. The van der Waals surface area contributed by atoms with Gasteiger partial charge in [0.2, 0.25) is 0 Å². The number of hydrogen-bond donors (Lipinski definition) is 1. The molecule has 0 aromatic heterocycles. The van der Waals surface area contributed by atoms with Crippen molar-refractivity contribution in [3.8, 4) is 0 Å². The van der Waals surface area contributed by atoms with Gasteiger partial charge < -0.3 is 10.2 Å². The highest BCUT2D eigenvalue weighted by Gasteiger charge is 2.37. The molecule has 0 aromatic rings.